The van der Waals surface area contributed by atoms with Crippen LogP contribution in [0.15, 0.2) is 48.7 Å². The number of ether oxygens (including phenoxy) is 1. The monoisotopic (exact) mass is 525 g/mol. The molecule has 0 spiro atoms. The van der Waals surface area contributed by atoms with Gasteiger partial charge in [0.25, 0.3) is 0 Å². The summed E-state index contributed by atoms with van der Waals surface area (Å²) >= 11 is -1.60. The molecular formula is C25H25F2N7O2S. The minimum absolute atomic E-state index is 0.0624. The number of nitrogens with two attached hydrogens (primary N) is 1. The van der Waals surface area contributed by atoms with E-state index in [0.717, 1.165) is 0 Å². The number of alkyl halides is 1. The van der Waals surface area contributed by atoms with Crippen molar-refractivity contribution in [2.24, 2.45) is 0 Å². The summed E-state index contributed by atoms with van der Waals surface area (Å²) in [5.74, 6) is 0.976. The van der Waals surface area contributed by atoms with Crippen molar-refractivity contribution in [3.63, 3.8) is 0 Å². The van der Waals surface area contributed by atoms with Crippen LogP contribution in [0, 0.1) is 5.82 Å². The first-order chi connectivity index (χ1) is 18.0. The van der Waals surface area contributed by atoms with Crippen LogP contribution in [0.2, 0.25) is 0 Å². The molecule has 1 saturated heterocycles. The Bertz CT molecular complexity index is 1390. The fourth-order valence-electron chi connectivity index (χ4n) is 3.98. The van der Waals surface area contributed by atoms with E-state index < -0.39 is 23.9 Å². The highest BCUT2D eigenvalue weighted by molar-refractivity contribution is 7.92. The molecule has 1 unspecified atom stereocenters. The van der Waals surface area contributed by atoms with E-state index >= 15 is 4.39 Å². The number of nitrogens with zero attached hydrogens (tertiary/aromatic N) is 5. The summed E-state index contributed by atoms with van der Waals surface area (Å²) in [7, 11) is 0. The molecule has 1 aliphatic rings. The van der Waals surface area contributed by atoms with E-state index in [4.69, 9.17) is 20.4 Å². The van der Waals surface area contributed by atoms with E-state index in [1.54, 1.807) is 42.6 Å². The highest BCUT2D eigenvalue weighted by Gasteiger charge is 2.21. The second-order valence-electron chi connectivity index (χ2n) is 8.37. The number of halogens is 2. The maximum atomic E-state index is 15.4. The fourth-order valence-corrected chi connectivity index (χ4v) is 4.86. The standard InChI is InChI=1S/C25H25F2N7O2S/c26-9-2-14-37(35)33-19-4-1-3-17(22(19)27)18-6-7-20-23(30-18)25(34-10-12-36-13-11-34)32-24(31-20)16-5-8-21(28)29-15-16/h1,3-8,15,33H,2,9-14H2,(H2,28,29). The van der Waals surface area contributed by atoms with E-state index in [1.165, 1.54) is 6.07 Å². The van der Waals surface area contributed by atoms with Crippen molar-refractivity contribution < 1.29 is 18.1 Å². The first kappa shape index (κ1) is 25.1. The van der Waals surface area contributed by atoms with Crippen LogP contribution in [-0.4, -0.2) is 63.2 Å². The van der Waals surface area contributed by atoms with Crippen LogP contribution in [0.1, 0.15) is 6.42 Å². The summed E-state index contributed by atoms with van der Waals surface area (Å²) < 4.78 is 48.1. The van der Waals surface area contributed by atoms with Gasteiger partial charge in [0.15, 0.2) is 17.5 Å². The quantitative estimate of drug-likeness (QED) is 0.331. The highest BCUT2D eigenvalue weighted by Crippen LogP contribution is 2.32. The lowest BCUT2D eigenvalue weighted by atomic mass is 10.1. The largest absolute Gasteiger partial charge is 0.593 e. The highest BCUT2D eigenvalue weighted by atomic mass is 32.2. The molecule has 1 aliphatic heterocycles. The number of benzene rings is 1. The minimum atomic E-state index is -1.60. The van der Waals surface area contributed by atoms with Crippen LogP contribution in [0.4, 0.5) is 26.1 Å². The third kappa shape index (κ3) is 5.55. The maximum absolute atomic E-state index is 15.4. The van der Waals surface area contributed by atoms with Crippen LogP contribution in [0.5, 0.6) is 0 Å². The van der Waals surface area contributed by atoms with E-state index in [0.29, 0.717) is 66.1 Å². The second kappa shape index (κ2) is 11.2. The molecule has 9 nitrogen and oxygen atoms in total. The van der Waals surface area contributed by atoms with Crippen LogP contribution in [-0.2, 0) is 16.1 Å². The minimum Gasteiger partial charge on any atom is -0.593 e. The zero-order chi connectivity index (χ0) is 25.8. The molecule has 4 aromatic rings. The lowest BCUT2D eigenvalue weighted by molar-refractivity contribution is 0.122. The third-order valence-corrected chi connectivity index (χ3v) is 6.95. The second-order valence-corrected chi connectivity index (χ2v) is 9.67. The SMILES string of the molecule is Nc1ccc(-c2nc(N3CCOCC3)c3nc(-c4cccc(N[S+]([O-])CCCF)c4F)ccc3n2)cn1. The Kier molecular flexibility index (Phi) is 7.58. The molecule has 4 heterocycles. The zero-order valence-electron chi connectivity index (χ0n) is 19.9. The number of fused-ring (bicyclic) bond motifs is 1. The van der Waals surface area contributed by atoms with Gasteiger partial charge in [-0.05, 0) is 36.4 Å². The molecule has 37 heavy (non-hydrogen) atoms. The number of morpholine rings is 1. The Morgan fingerprint density at radius 2 is 1.92 bits per heavy atom. The molecule has 1 aromatic carbocycles. The van der Waals surface area contributed by atoms with Gasteiger partial charge in [-0.25, -0.2) is 29.0 Å². The molecule has 0 radical (unpaired) electrons. The van der Waals surface area contributed by atoms with E-state index in [-0.39, 0.29) is 23.4 Å². The van der Waals surface area contributed by atoms with Crippen molar-refractivity contribution in [1.82, 2.24) is 19.9 Å². The molecular weight excluding hydrogens is 500 g/mol. The molecule has 0 aliphatic carbocycles. The van der Waals surface area contributed by atoms with Gasteiger partial charge in [0.2, 0.25) is 0 Å². The number of nitrogens with one attached hydrogen (secondary N) is 1. The average molecular weight is 526 g/mol. The summed E-state index contributed by atoms with van der Waals surface area (Å²) in [6, 6.07) is 11.7. The van der Waals surface area contributed by atoms with Crippen LogP contribution >= 0.6 is 0 Å². The number of hydrogen-bond acceptors (Lipinski definition) is 9. The number of pyridine rings is 2. The Labute approximate surface area is 215 Å². The van der Waals surface area contributed by atoms with Gasteiger partial charge in [0, 0.05) is 36.8 Å². The van der Waals surface area contributed by atoms with Crippen LogP contribution in [0.25, 0.3) is 33.7 Å². The van der Waals surface area contributed by atoms with Crippen LogP contribution < -0.4 is 15.4 Å². The van der Waals surface area contributed by atoms with Gasteiger partial charge in [-0.3, -0.25) is 4.39 Å². The lowest BCUT2D eigenvalue weighted by Crippen LogP contribution is -2.37. The van der Waals surface area contributed by atoms with Crippen molar-refractivity contribution in [3.05, 3.63) is 54.5 Å². The zero-order valence-corrected chi connectivity index (χ0v) is 20.7. The van der Waals surface area contributed by atoms with Gasteiger partial charge in [-0.2, -0.15) is 0 Å². The predicted molar refractivity (Wildman–Crippen MR) is 141 cm³/mol. The summed E-state index contributed by atoms with van der Waals surface area (Å²) in [5, 5.41) is 0. The number of aromatic nitrogens is 4. The van der Waals surface area contributed by atoms with Gasteiger partial charge in [-0.15, -0.1) is 0 Å². The number of hydrogen-bond donors (Lipinski definition) is 2. The van der Waals surface area contributed by atoms with Crippen LogP contribution in [0.3, 0.4) is 0 Å². The predicted octanol–water partition coefficient (Wildman–Crippen LogP) is 3.75. The molecule has 0 saturated carbocycles. The molecule has 3 N–H and O–H groups in total. The molecule has 3 aromatic heterocycles. The fraction of sp³-hybridized carbons (Fsp3) is 0.280. The first-order valence-electron chi connectivity index (χ1n) is 11.8. The molecule has 0 amide bonds. The van der Waals surface area contributed by atoms with Crippen molar-refractivity contribution in [2.75, 3.05) is 54.1 Å². The summed E-state index contributed by atoms with van der Waals surface area (Å²) in [5.41, 5.74) is 8.23. The molecule has 1 fully saturated rings. The normalized spacial score (nSPS) is 14.6. The number of anilines is 3. The first-order valence-corrected chi connectivity index (χ1v) is 13.1. The summed E-state index contributed by atoms with van der Waals surface area (Å²) in [6.45, 7) is 1.75. The molecule has 1 atom stereocenters. The number of nitrogen functional groups attached to an aromatic ring is 1. The van der Waals surface area contributed by atoms with E-state index in [1.807, 2.05) is 0 Å². The Morgan fingerprint density at radius 1 is 1.08 bits per heavy atom. The van der Waals surface area contributed by atoms with Gasteiger partial charge in [0.1, 0.15) is 22.8 Å². The summed E-state index contributed by atoms with van der Waals surface area (Å²) in [6.07, 6.45) is 1.75. The van der Waals surface area contributed by atoms with Crippen molar-refractivity contribution >= 4 is 39.7 Å². The van der Waals surface area contributed by atoms with E-state index in [2.05, 4.69) is 19.6 Å². The van der Waals surface area contributed by atoms with Crippen molar-refractivity contribution in [3.8, 4) is 22.6 Å². The lowest BCUT2D eigenvalue weighted by Gasteiger charge is -2.28. The maximum Gasteiger partial charge on any atom is 0.163 e. The Balaban J connectivity index is 1.57. The average Bonchev–Trinajstić information content (AvgIpc) is 2.93. The van der Waals surface area contributed by atoms with Crippen molar-refractivity contribution in [1.29, 1.82) is 0 Å². The topological polar surface area (TPSA) is 125 Å². The Hall–Kier alpha value is -3.61. The number of rotatable bonds is 8. The Morgan fingerprint density at radius 3 is 2.68 bits per heavy atom. The van der Waals surface area contributed by atoms with Gasteiger partial charge < -0.3 is 19.9 Å². The molecule has 12 heteroatoms. The summed E-state index contributed by atoms with van der Waals surface area (Å²) in [4.78, 5) is 20.5. The molecule has 192 valence electrons. The smallest absolute Gasteiger partial charge is 0.163 e. The van der Waals surface area contributed by atoms with Gasteiger partial charge >= 0.3 is 0 Å². The van der Waals surface area contributed by atoms with Gasteiger partial charge in [-0.1, -0.05) is 6.07 Å². The van der Waals surface area contributed by atoms with Crippen molar-refractivity contribution in [2.45, 2.75) is 6.42 Å². The molecule has 0 bridgehead atoms. The van der Waals surface area contributed by atoms with E-state index in [9.17, 15) is 8.94 Å². The van der Waals surface area contributed by atoms with Gasteiger partial charge in [0.05, 0.1) is 42.5 Å². The third-order valence-electron chi connectivity index (χ3n) is 5.84. The molecule has 5 rings (SSSR count).